The number of nitrogens with one attached hydrogen (secondary N) is 2. The van der Waals surface area contributed by atoms with Crippen LogP contribution in [0.2, 0.25) is 0 Å². The topological polar surface area (TPSA) is 94.1 Å². The highest BCUT2D eigenvalue weighted by atomic mass is 32.2. The maximum Gasteiger partial charge on any atom is 0.257 e. The van der Waals surface area contributed by atoms with E-state index >= 15 is 0 Å². The first kappa shape index (κ1) is 28.9. The van der Waals surface area contributed by atoms with E-state index in [9.17, 15) is 4.79 Å². The number of aromatic nitrogens is 1. The summed E-state index contributed by atoms with van der Waals surface area (Å²) in [7, 11) is 3.28. The highest BCUT2D eigenvalue weighted by molar-refractivity contribution is 8.13. The Morgan fingerprint density at radius 1 is 1.15 bits per heavy atom. The van der Waals surface area contributed by atoms with E-state index in [1.165, 1.54) is 0 Å². The molecule has 3 atom stereocenters. The average Bonchev–Trinajstić information content (AvgIpc) is 3.47. The van der Waals surface area contributed by atoms with E-state index < -0.39 is 5.54 Å². The molecule has 2 aromatic carbocycles. The van der Waals surface area contributed by atoms with E-state index in [1.807, 2.05) is 55.6 Å². The molecule has 2 aliphatic heterocycles. The van der Waals surface area contributed by atoms with Gasteiger partial charge in [-0.15, -0.1) is 11.3 Å². The molecule has 2 aliphatic rings. The molecule has 1 amide bonds. The van der Waals surface area contributed by atoms with Gasteiger partial charge in [-0.25, -0.2) is 9.98 Å². The van der Waals surface area contributed by atoms with Gasteiger partial charge in [0.25, 0.3) is 5.91 Å². The van der Waals surface area contributed by atoms with Crippen molar-refractivity contribution in [2.75, 3.05) is 31.9 Å². The number of carbonyl (C=O) groups is 1. The Hall–Kier alpha value is -3.08. The van der Waals surface area contributed by atoms with Crippen LogP contribution in [0.25, 0.3) is 0 Å². The molecule has 208 valence electrons. The highest BCUT2D eigenvalue weighted by Crippen LogP contribution is 2.47. The van der Waals surface area contributed by atoms with Gasteiger partial charge in [0.05, 0.1) is 26.9 Å². The monoisotopic (exact) mass is 568 g/mol. The number of amidine groups is 1. The quantitative estimate of drug-likeness (QED) is 0.364. The minimum Gasteiger partial charge on any atom is -0.497 e. The van der Waals surface area contributed by atoms with Crippen molar-refractivity contribution in [1.29, 1.82) is 0 Å². The van der Waals surface area contributed by atoms with Gasteiger partial charge in [-0.3, -0.25) is 4.79 Å². The van der Waals surface area contributed by atoms with Gasteiger partial charge in [-0.2, -0.15) is 0 Å². The minimum atomic E-state index is -0.626. The lowest BCUT2D eigenvalue weighted by Crippen LogP contribution is -2.50. The van der Waals surface area contributed by atoms with E-state index in [4.69, 9.17) is 24.2 Å². The molecule has 2 unspecified atom stereocenters. The summed E-state index contributed by atoms with van der Waals surface area (Å²) in [4.78, 5) is 22.8. The molecule has 0 aliphatic carbocycles. The van der Waals surface area contributed by atoms with Crippen LogP contribution < -0.4 is 20.1 Å². The van der Waals surface area contributed by atoms with Crippen molar-refractivity contribution in [3.8, 4) is 11.5 Å². The molecule has 39 heavy (non-hydrogen) atoms. The first-order chi connectivity index (χ1) is 19.0. The average molecular weight is 569 g/mol. The number of thioether (sulfide) groups is 1. The Morgan fingerprint density at radius 3 is 2.69 bits per heavy atom. The number of rotatable bonds is 7. The molecular weight excluding hydrogens is 532 g/mol. The Labute approximate surface area is 238 Å². The normalized spacial score (nSPS) is 21.9. The largest absolute Gasteiger partial charge is 0.497 e. The van der Waals surface area contributed by atoms with E-state index in [0.29, 0.717) is 23.9 Å². The summed E-state index contributed by atoms with van der Waals surface area (Å²) in [5.41, 5.74) is 0.978. The van der Waals surface area contributed by atoms with Crippen molar-refractivity contribution in [2.24, 2.45) is 10.9 Å². The van der Waals surface area contributed by atoms with Crippen LogP contribution in [0.1, 0.15) is 48.1 Å². The third kappa shape index (κ3) is 6.57. The van der Waals surface area contributed by atoms with Crippen LogP contribution in [0.3, 0.4) is 0 Å². The standard InChI is InChI=1S/C27H30N4O4S2.C2H6/c1-17-11-20-14-37-26(30-24(32)18-7-5-4-6-8-18)31-27(20,16-35-17)25-29-23(15-36-25)28-13-19-9-10-21(33-2)12-22(19)34-3;1-2/h4-10,12,15,17,20,28H,11,13-14,16H2,1-3H3,(H,30,31,32);1-2H3/t17-,20?,27?;/m0./s1. The van der Waals surface area contributed by atoms with E-state index in [-0.39, 0.29) is 17.9 Å². The molecule has 3 aromatic rings. The smallest absolute Gasteiger partial charge is 0.257 e. The fourth-order valence-electron chi connectivity index (χ4n) is 4.62. The van der Waals surface area contributed by atoms with Gasteiger partial charge in [0.1, 0.15) is 27.9 Å². The Kier molecular flexibility index (Phi) is 9.88. The molecule has 0 radical (unpaired) electrons. The van der Waals surface area contributed by atoms with Gasteiger partial charge >= 0.3 is 0 Å². The zero-order valence-electron chi connectivity index (χ0n) is 23.0. The summed E-state index contributed by atoms with van der Waals surface area (Å²) >= 11 is 3.16. The van der Waals surface area contributed by atoms with Crippen LogP contribution in [0.5, 0.6) is 11.5 Å². The van der Waals surface area contributed by atoms with Gasteiger partial charge < -0.3 is 24.8 Å². The van der Waals surface area contributed by atoms with E-state index in [0.717, 1.165) is 40.1 Å². The third-order valence-electron chi connectivity index (χ3n) is 6.69. The maximum absolute atomic E-state index is 12.8. The lowest BCUT2D eigenvalue weighted by atomic mass is 9.80. The summed E-state index contributed by atoms with van der Waals surface area (Å²) in [5, 5.41) is 9.92. The Morgan fingerprint density at radius 2 is 1.95 bits per heavy atom. The fraction of sp³-hybridized carbons (Fsp3) is 0.414. The second-order valence-corrected chi connectivity index (χ2v) is 11.0. The first-order valence-electron chi connectivity index (χ1n) is 13.1. The van der Waals surface area contributed by atoms with Gasteiger partial charge in [0.2, 0.25) is 0 Å². The zero-order valence-corrected chi connectivity index (χ0v) is 24.7. The second kappa shape index (κ2) is 13.3. The first-order valence-corrected chi connectivity index (χ1v) is 15.0. The molecule has 10 heteroatoms. The second-order valence-electron chi connectivity index (χ2n) is 9.10. The molecule has 0 spiro atoms. The van der Waals surface area contributed by atoms with Crippen LogP contribution in [-0.4, -0.2) is 48.7 Å². The Balaban J connectivity index is 0.00000172. The van der Waals surface area contributed by atoms with Crippen molar-refractivity contribution in [3.05, 3.63) is 70.0 Å². The molecule has 3 heterocycles. The number of carbonyl (C=O) groups excluding carboxylic acids is 1. The summed E-state index contributed by atoms with van der Waals surface area (Å²) in [6, 6.07) is 14.9. The van der Waals surface area contributed by atoms with Crippen LogP contribution in [0.4, 0.5) is 5.82 Å². The number of amides is 1. The number of nitrogens with zero attached hydrogens (tertiary/aromatic N) is 2. The maximum atomic E-state index is 12.8. The molecule has 1 fully saturated rings. The molecule has 5 rings (SSSR count). The van der Waals surface area contributed by atoms with E-state index in [2.05, 4.69) is 17.6 Å². The van der Waals surface area contributed by atoms with Gasteiger partial charge in [0, 0.05) is 40.8 Å². The predicted molar refractivity (Wildman–Crippen MR) is 159 cm³/mol. The van der Waals surface area contributed by atoms with Crippen molar-refractivity contribution in [2.45, 2.75) is 45.4 Å². The number of fused-ring (bicyclic) bond motifs is 1. The number of aliphatic imine (C=N–C) groups is 1. The number of hydrogen-bond donors (Lipinski definition) is 2. The van der Waals surface area contributed by atoms with E-state index in [1.54, 1.807) is 49.5 Å². The summed E-state index contributed by atoms with van der Waals surface area (Å²) in [5.74, 6) is 3.21. The third-order valence-corrected chi connectivity index (χ3v) is 8.73. The number of thiazole rings is 1. The minimum absolute atomic E-state index is 0.162. The number of methoxy groups -OCH3 is 2. The fourth-order valence-corrected chi connectivity index (χ4v) is 6.77. The number of hydrogen-bond acceptors (Lipinski definition) is 9. The zero-order chi connectivity index (χ0) is 27.8. The number of anilines is 1. The van der Waals surface area contributed by atoms with Crippen LogP contribution in [-0.2, 0) is 16.8 Å². The molecule has 0 saturated carbocycles. The van der Waals surface area contributed by atoms with Gasteiger partial charge in [0.15, 0.2) is 5.17 Å². The van der Waals surface area contributed by atoms with Crippen molar-refractivity contribution in [1.82, 2.24) is 10.3 Å². The van der Waals surface area contributed by atoms with Crippen molar-refractivity contribution >= 4 is 40.0 Å². The molecule has 1 aromatic heterocycles. The van der Waals surface area contributed by atoms with Crippen molar-refractivity contribution in [3.63, 3.8) is 0 Å². The molecular formula is C29H36N4O4S2. The summed E-state index contributed by atoms with van der Waals surface area (Å²) < 4.78 is 16.9. The SMILES string of the molecule is CC.COc1ccc(CNc2csc(C34CO[C@@H](C)CC3CSC(NC(=O)c3ccccc3)=N4)n2)c(OC)c1. The predicted octanol–water partition coefficient (Wildman–Crippen LogP) is 5.95. The molecule has 0 bridgehead atoms. The lowest BCUT2D eigenvalue weighted by molar-refractivity contribution is -0.0467. The molecule has 2 N–H and O–H groups in total. The number of ether oxygens (including phenoxy) is 3. The van der Waals surface area contributed by atoms with Crippen molar-refractivity contribution < 1.29 is 19.0 Å². The lowest BCUT2D eigenvalue weighted by Gasteiger charge is -2.44. The van der Waals surface area contributed by atoms with Gasteiger partial charge in [-0.05, 0) is 37.6 Å². The Bertz CT molecular complexity index is 1280. The van der Waals surface area contributed by atoms with Crippen LogP contribution in [0, 0.1) is 5.92 Å². The van der Waals surface area contributed by atoms with Crippen LogP contribution in [0.15, 0.2) is 58.9 Å². The number of benzene rings is 2. The van der Waals surface area contributed by atoms with Gasteiger partial charge in [-0.1, -0.05) is 43.8 Å². The highest BCUT2D eigenvalue weighted by Gasteiger charge is 2.49. The molecule has 1 saturated heterocycles. The summed E-state index contributed by atoms with van der Waals surface area (Å²) in [6.07, 6.45) is 1.05. The molecule has 8 nitrogen and oxygen atoms in total. The van der Waals surface area contributed by atoms with Crippen LogP contribution >= 0.6 is 23.1 Å². The summed E-state index contributed by atoms with van der Waals surface area (Å²) in [6.45, 7) is 7.09.